The van der Waals surface area contributed by atoms with Crippen molar-refractivity contribution in [1.29, 1.82) is 0 Å². The van der Waals surface area contributed by atoms with Crippen LogP contribution in [-0.2, 0) is 9.59 Å². The Morgan fingerprint density at radius 3 is 2.00 bits per heavy atom. The minimum atomic E-state index is -1.03. The Balaban J connectivity index is 1.67. The van der Waals surface area contributed by atoms with Crippen LogP contribution in [0, 0.1) is 29.6 Å². The van der Waals surface area contributed by atoms with Gasteiger partial charge in [-0.2, -0.15) is 0 Å². The third kappa shape index (κ3) is 1.91. The van der Waals surface area contributed by atoms with Gasteiger partial charge >= 0.3 is 5.97 Å². The summed E-state index contributed by atoms with van der Waals surface area (Å²) in [6.07, 6.45) is 6.33. The van der Waals surface area contributed by atoms with Gasteiger partial charge in [0.1, 0.15) is 5.92 Å². The van der Waals surface area contributed by atoms with E-state index in [-0.39, 0.29) is 11.9 Å². The molecule has 100 valence electrons. The molecule has 4 saturated carbocycles. The quantitative estimate of drug-likeness (QED) is 0.749. The van der Waals surface area contributed by atoms with Gasteiger partial charge in [-0.25, -0.2) is 0 Å². The van der Waals surface area contributed by atoms with E-state index in [9.17, 15) is 9.59 Å². The van der Waals surface area contributed by atoms with Gasteiger partial charge in [-0.3, -0.25) is 9.59 Å². The van der Waals surface area contributed by atoms with E-state index < -0.39 is 11.9 Å². The maximum Gasteiger partial charge on any atom is 0.315 e. The van der Waals surface area contributed by atoms with Gasteiger partial charge < -0.3 is 10.4 Å². The van der Waals surface area contributed by atoms with E-state index >= 15 is 0 Å². The maximum absolute atomic E-state index is 11.9. The van der Waals surface area contributed by atoms with Crippen LogP contribution >= 0.6 is 0 Å². The largest absolute Gasteiger partial charge is 0.481 e. The molecule has 4 nitrogen and oxygen atoms in total. The second kappa shape index (κ2) is 4.25. The van der Waals surface area contributed by atoms with Crippen LogP contribution in [0.2, 0.25) is 0 Å². The van der Waals surface area contributed by atoms with E-state index in [1.165, 1.54) is 39.0 Å². The molecule has 0 radical (unpaired) electrons. The number of nitrogens with one attached hydrogen (secondary N) is 1. The lowest BCUT2D eigenvalue weighted by atomic mass is 9.54. The molecular formula is C14H21NO3. The second-order valence-corrected chi connectivity index (χ2v) is 6.53. The van der Waals surface area contributed by atoms with Gasteiger partial charge in [0.2, 0.25) is 5.91 Å². The first kappa shape index (κ1) is 12.0. The van der Waals surface area contributed by atoms with Gasteiger partial charge in [-0.1, -0.05) is 0 Å². The van der Waals surface area contributed by atoms with Gasteiger partial charge in [0.15, 0.2) is 0 Å². The third-order valence-corrected chi connectivity index (χ3v) is 5.30. The monoisotopic (exact) mass is 251 g/mol. The number of carbonyl (C=O) groups excluding carboxylic acids is 1. The molecule has 0 aromatic carbocycles. The molecule has 4 fully saturated rings. The fourth-order valence-electron chi connectivity index (χ4n) is 4.56. The van der Waals surface area contributed by atoms with Crippen LogP contribution in [-0.4, -0.2) is 23.0 Å². The molecule has 0 spiro atoms. The Labute approximate surface area is 107 Å². The summed E-state index contributed by atoms with van der Waals surface area (Å²) in [5, 5.41) is 11.9. The molecule has 4 bridgehead atoms. The lowest BCUT2D eigenvalue weighted by Crippen LogP contribution is -2.56. The van der Waals surface area contributed by atoms with E-state index in [1.54, 1.807) is 0 Å². The topological polar surface area (TPSA) is 66.4 Å². The zero-order valence-corrected chi connectivity index (χ0v) is 10.8. The number of carbonyl (C=O) groups is 2. The summed E-state index contributed by atoms with van der Waals surface area (Å²) < 4.78 is 0. The molecule has 2 N–H and O–H groups in total. The van der Waals surface area contributed by atoms with Crippen molar-refractivity contribution in [2.75, 3.05) is 0 Å². The summed E-state index contributed by atoms with van der Waals surface area (Å²) in [7, 11) is 0. The number of amides is 1. The first-order valence-corrected chi connectivity index (χ1v) is 7.07. The van der Waals surface area contributed by atoms with Crippen LogP contribution in [0.5, 0.6) is 0 Å². The summed E-state index contributed by atoms with van der Waals surface area (Å²) in [5.41, 5.74) is 0. The first-order chi connectivity index (χ1) is 8.54. The van der Waals surface area contributed by atoms with Crippen molar-refractivity contribution in [3.63, 3.8) is 0 Å². The Morgan fingerprint density at radius 2 is 1.56 bits per heavy atom. The van der Waals surface area contributed by atoms with Crippen molar-refractivity contribution in [3.8, 4) is 0 Å². The van der Waals surface area contributed by atoms with Gasteiger partial charge in [0, 0.05) is 6.04 Å². The Bertz CT molecular complexity index is 351. The number of carboxylic acids is 1. The van der Waals surface area contributed by atoms with Gasteiger partial charge in [-0.15, -0.1) is 0 Å². The summed E-state index contributed by atoms with van der Waals surface area (Å²) >= 11 is 0. The molecule has 1 atom stereocenters. The molecule has 0 aliphatic heterocycles. The van der Waals surface area contributed by atoms with Crippen LogP contribution in [0.1, 0.15) is 39.0 Å². The van der Waals surface area contributed by atoms with Crippen LogP contribution in [0.25, 0.3) is 0 Å². The van der Waals surface area contributed by atoms with Crippen molar-refractivity contribution < 1.29 is 14.7 Å². The Hall–Kier alpha value is -1.06. The minimum Gasteiger partial charge on any atom is -0.481 e. The first-order valence-electron chi connectivity index (χ1n) is 7.07. The predicted molar refractivity (Wildman–Crippen MR) is 65.8 cm³/mol. The zero-order valence-electron chi connectivity index (χ0n) is 10.8. The van der Waals surface area contributed by atoms with Crippen molar-refractivity contribution in [3.05, 3.63) is 0 Å². The molecule has 4 heteroatoms. The molecule has 18 heavy (non-hydrogen) atoms. The lowest BCUT2D eigenvalue weighted by Gasteiger charge is -2.54. The number of aliphatic carboxylic acids is 1. The SMILES string of the molecule is CC(C(=O)O)C(=O)NC1C2CC3CC(C2)CC1C3. The van der Waals surface area contributed by atoms with Crippen molar-refractivity contribution in [1.82, 2.24) is 5.32 Å². The minimum absolute atomic E-state index is 0.243. The number of hydrogen-bond donors (Lipinski definition) is 2. The second-order valence-electron chi connectivity index (χ2n) is 6.53. The summed E-state index contributed by atoms with van der Waals surface area (Å²) in [4.78, 5) is 22.7. The summed E-state index contributed by atoms with van der Waals surface area (Å²) in [6, 6.07) is 0.243. The van der Waals surface area contributed by atoms with Crippen LogP contribution in [0.3, 0.4) is 0 Å². The Morgan fingerprint density at radius 1 is 1.06 bits per heavy atom. The van der Waals surface area contributed by atoms with Crippen LogP contribution in [0.4, 0.5) is 0 Å². The normalized spacial score (nSPS) is 42.6. The van der Waals surface area contributed by atoms with E-state index in [0.717, 1.165) is 11.8 Å². The van der Waals surface area contributed by atoms with Gasteiger partial charge in [-0.05, 0) is 62.7 Å². The van der Waals surface area contributed by atoms with Crippen molar-refractivity contribution >= 4 is 11.9 Å². The summed E-state index contributed by atoms with van der Waals surface area (Å²) in [5.74, 6) is 0.686. The number of hydrogen-bond acceptors (Lipinski definition) is 2. The molecule has 4 rings (SSSR count). The Kier molecular flexibility index (Phi) is 2.83. The molecule has 0 aromatic heterocycles. The highest BCUT2D eigenvalue weighted by Gasteiger charge is 2.48. The third-order valence-electron chi connectivity index (χ3n) is 5.30. The standard InChI is InChI=1S/C14H21NO3/c1-7(14(17)18)13(16)15-12-10-3-8-2-9(5-10)6-11(12)4-8/h7-12H,2-6H2,1H3,(H,15,16)(H,17,18). The van der Waals surface area contributed by atoms with E-state index in [0.29, 0.717) is 11.8 Å². The van der Waals surface area contributed by atoms with E-state index in [1.807, 2.05) is 0 Å². The lowest BCUT2D eigenvalue weighted by molar-refractivity contribution is -0.147. The van der Waals surface area contributed by atoms with Crippen molar-refractivity contribution in [2.24, 2.45) is 29.6 Å². The smallest absolute Gasteiger partial charge is 0.315 e. The average Bonchev–Trinajstić information content (AvgIpc) is 2.31. The highest BCUT2D eigenvalue weighted by Crippen LogP contribution is 2.53. The molecule has 0 heterocycles. The van der Waals surface area contributed by atoms with E-state index in [4.69, 9.17) is 5.11 Å². The summed E-state index contributed by atoms with van der Waals surface area (Å²) in [6.45, 7) is 1.47. The predicted octanol–water partition coefficient (Wildman–Crippen LogP) is 1.65. The molecule has 0 saturated heterocycles. The number of carboxylic acid groups (broad SMARTS) is 1. The molecular weight excluding hydrogens is 230 g/mol. The van der Waals surface area contributed by atoms with Gasteiger partial charge in [0.25, 0.3) is 0 Å². The maximum atomic E-state index is 11.9. The molecule has 4 aliphatic carbocycles. The zero-order chi connectivity index (χ0) is 12.9. The molecule has 4 aliphatic rings. The number of rotatable bonds is 3. The van der Waals surface area contributed by atoms with E-state index in [2.05, 4.69) is 5.32 Å². The van der Waals surface area contributed by atoms with Crippen LogP contribution in [0.15, 0.2) is 0 Å². The molecule has 1 amide bonds. The van der Waals surface area contributed by atoms with Gasteiger partial charge in [0.05, 0.1) is 0 Å². The average molecular weight is 251 g/mol. The van der Waals surface area contributed by atoms with Crippen molar-refractivity contribution in [2.45, 2.75) is 45.1 Å². The van der Waals surface area contributed by atoms with Crippen LogP contribution < -0.4 is 5.32 Å². The fraction of sp³-hybridized carbons (Fsp3) is 0.857. The fourth-order valence-corrected chi connectivity index (χ4v) is 4.56. The highest BCUT2D eigenvalue weighted by atomic mass is 16.4. The molecule has 0 aromatic rings. The molecule has 1 unspecified atom stereocenters. The highest BCUT2D eigenvalue weighted by molar-refractivity contribution is 5.96.